The number of benzene rings is 2. The van der Waals surface area contributed by atoms with Crippen LogP contribution in [0.5, 0.6) is 11.5 Å². The predicted octanol–water partition coefficient (Wildman–Crippen LogP) is 5.61. The maximum atomic E-state index is 5.28. The fourth-order valence-corrected chi connectivity index (χ4v) is 7.46. The van der Waals surface area contributed by atoms with Gasteiger partial charge < -0.3 is 9.47 Å². The van der Waals surface area contributed by atoms with Crippen LogP contribution in [0, 0.1) is 11.8 Å². The Kier molecular flexibility index (Phi) is 10.4. The Hall–Kier alpha value is -4.70. The Morgan fingerprint density at radius 2 is 1.00 bits per heavy atom. The Labute approximate surface area is 286 Å². The average molecular weight is 687 g/mol. The van der Waals surface area contributed by atoms with Gasteiger partial charge in [-0.1, -0.05) is 52.0 Å². The third-order valence-electron chi connectivity index (χ3n) is 7.21. The number of ether oxygens (including phenoxy) is 2. The van der Waals surface area contributed by atoms with Crippen molar-refractivity contribution in [2.75, 3.05) is 14.2 Å². The van der Waals surface area contributed by atoms with E-state index in [-0.39, 0.29) is 0 Å². The summed E-state index contributed by atoms with van der Waals surface area (Å²) in [6.45, 7) is 11.1. The average Bonchev–Trinajstić information content (AvgIpc) is 3.88. The van der Waals surface area contributed by atoms with Crippen molar-refractivity contribution in [2.45, 2.75) is 63.9 Å². The van der Waals surface area contributed by atoms with Crippen molar-refractivity contribution in [2.24, 2.45) is 11.8 Å². The molecule has 0 saturated heterocycles. The van der Waals surface area contributed by atoms with Crippen LogP contribution in [0.4, 0.5) is 0 Å². The molecule has 6 rings (SSSR count). The molecule has 0 aliphatic heterocycles. The first kappa shape index (κ1) is 33.2. The van der Waals surface area contributed by atoms with E-state index in [2.05, 4.69) is 48.3 Å². The standard InChI is InChI=1S/C32H38N12O2S2/c1-21(2)17-41-31(27(15-33-41)29-35-39-43(37-29)19-23-7-11-25(45-5)12-8-23)47-48-32-28(16-34-42(32)18-22(3)4)30-36-40-44(38-30)20-24-9-13-26(46-6)14-10-24/h7-16,21-22H,17-20H2,1-6H3. The molecular weight excluding hydrogens is 649 g/mol. The number of methoxy groups -OCH3 is 2. The fourth-order valence-electron chi connectivity index (χ4n) is 4.89. The van der Waals surface area contributed by atoms with E-state index in [0.717, 1.165) is 56.9 Å². The third kappa shape index (κ3) is 7.87. The van der Waals surface area contributed by atoms with Gasteiger partial charge in [-0.25, -0.2) is 0 Å². The van der Waals surface area contributed by atoms with Gasteiger partial charge in [0.1, 0.15) is 21.6 Å². The van der Waals surface area contributed by atoms with Crippen LogP contribution < -0.4 is 9.47 Å². The molecule has 0 fully saturated rings. The van der Waals surface area contributed by atoms with E-state index in [1.165, 1.54) is 0 Å². The van der Waals surface area contributed by atoms with Crippen LogP contribution >= 0.6 is 21.6 Å². The van der Waals surface area contributed by atoms with E-state index < -0.39 is 0 Å². The van der Waals surface area contributed by atoms with E-state index in [1.807, 2.05) is 70.3 Å². The minimum atomic E-state index is 0.382. The van der Waals surface area contributed by atoms with Crippen molar-refractivity contribution in [3.05, 3.63) is 72.1 Å². The SMILES string of the molecule is COc1ccc(Cn2nnc(-c3cnn(CC(C)C)c3SSc3c(-c4nnn(Cc5ccc(OC)cc5)n4)cnn3CC(C)C)n2)cc1. The second-order valence-electron chi connectivity index (χ2n) is 12.0. The van der Waals surface area contributed by atoms with Gasteiger partial charge in [-0.3, -0.25) is 9.36 Å². The summed E-state index contributed by atoms with van der Waals surface area (Å²) >= 11 is 0. The lowest BCUT2D eigenvalue weighted by Gasteiger charge is -2.12. The van der Waals surface area contributed by atoms with Gasteiger partial charge in [0.25, 0.3) is 0 Å². The van der Waals surface area contributed by atoms with E-state index >= 15 is 0 Å². The number of aromatic nitrogens is 12. The van der Waals surface area contributed by atoms with Crippen molar-refractivity contribution >= 4 is 21.6 Å². The molecule has 0 atom stereocenters. The molecule has 0 unspecified atom stereocenters. The molecule has 6 aromatic rings. The second-order valence-corrected chi connectivity index (χ2v) is 14.1. The zero-order chi connectivity index (χ0) is 33.6. The summed E-state index contributed by atoms with van der Waals surface area (Å²) < 4.78 is 14.6. The smallest absolute Gasteiger partial charge is 0.209 e. The molecule has 0 saturated carbocycles. The fraction of sp³-hybridized carbons (Fsp3) is 0.375. The maximum absolute atomic E-state index is 5.28. The molecule has 0 radical (unpaired) electrons. The van der Waals surface area contributed by atoms with Crippen LogP contribution in [0.15, 0.2) is 71.0 Å². The first-order valence-corrected chi connectivity index (χ1v) is 17.7. The molecule has 2 aromatic carbocycles. The second kappa shape index (κ2) is 15.0. The highest BCUT2D eigenvalue weighted by molar-refractivity contribution is 8.76. The van der Waals surface area contributed by atoms with Crippen LogP contribution in [0.2, 0.25) is 0 Å². The number of rotatable bonds is 15. The maximum Gasteiger partial charge on any atom is 0.209 e. The van der Waals surface area contributed by atoms with Crippen molar-refractivity contribution in [3.63, 3.8) is 0 Å². The topological polar surface area (TPSA) is 141 Å². The molecule has 0 aliphatic rings. The third-order valence-corrected chi connectivity index (χ3v) is 9.67. The van der Waals surface area contributed by atoms with Gasteiger partial charge in [-0.05, 0) is 79.2 Å². The van der Waals surface area contributed by atoms with E-state index in [0.29, 0.717) is 36.6 Å². The van der Waals surface area contributed by atoms with Crippen molar-refractivity contribution < 1.29 is 9.47 Å². The van der Waals surface area contributed by atoms with Gasteiger partial charge in [0.2, 0.25) is 11.6 Å². The Balaban J connectivity index is 1.26. The molecule has 48 heavy (non-hydrogen) atoms. The highest BCUT2D eigenvalue weighted by Crippen LogP contribution is 2.44. The van der Waals surface area contributed by atoms with Gasteiger partial charge in [-0.2, -0.15) is 19.8 Å². The Morgan fingerprint density at radius 3 is 1.35 bits per heavy atom. The number of nitrogens with zero attached hydrogens (tertiary/aromatic N) is 12. The van der Waals surface area contributed by atoms with Gasteiger partial charge in [0.05, 0.1) is 50.8 Å². The normalized spacial score (nSPS) is 11.6. The molecule has 14 nitrogen and oxygen atoms in total. The predicted molar refractivity (Wildman–Crippen MR) is 184 cm³/mol. The summed E-state index contributed by atoms with van der Waals surface area (Å²) in [5, 5.41) is 38.3. The van der Waals surface area contributed by atoms with Gasteiger partial charge in [0, 0.05) is 13.1 Å². The minimum Gasteiger partial charge on any atom is -0.497 e. The summed E-state index contributed by atoms with van der Waals surface area (Å²) in [6, 6.07) is 15.6. The molecule has 4 heterocycles. The van der Waals surface area contributed by atoms with E-state index in [9.17, 15) is 0 Å². The van der Waals surface area contributed by atoms with Crippen LogP contribution in [0.25, 0.3) is 22.8 Å². The van der Waals surface area contributed by atoms with Crippen LogP contribution in [-0.2, 0) is 26.2 Å². The van der Waals surface area contributed by atoms with Gasteiger partial charge >= 0.3 is 0 Å². The zero-order valence-corrected chi connectivity index (χ0v) is 29.4. The lowest BCUT2D eigenvalue weighted by atomic mass is 10.2. The number of hydrogen-bond donors (Lipinski definition) is 0. The van der Waals surface area contributed by atoms with Crippen LogP contribution in [0.1, 0.15) is 38.8 Å². The van der Waals surface area contributed by atoms with E-state index in [1.54, 1.807) is 45.4 Å². The first-order chi connectivity index (χ1) is 23.3. The summed E-state index contributed by atoms with van der Waals surface area (Å²) in [4.78, 5) is 3.19. The highest BCUT2D eigenvalue weighted by atomic mass is 33.1. The first-order valence-electron chi connectivity index (χ1n) is 15.6. The molecule has 0 spiro atoms. The van der Waals surface area contributed by atoms with E-state index in [4.69, 9.17) is 29.9 Å². The summed E-state index contributed by atoms with van der Waals surface area (Å²) in [7, 11) is 6.48. The molecule has 250 valence electrons. The molecule has 4 aromatic heterocycles. The zero-order valence-electron chi connectivity index (χ0n) is 27.8. The van der Waals surface area contributed by atoms with Crippen molar-refractivity contribution in [3.8, 4) is 34.3 Å². The largest absolute Gasteiger partial charge is 0.497 e. The minimum absolute atomic E-state index is 0.382. The van der Waals surface area contributed by atoms with Crippen LogP contribution in [-0.4, -0.2) is 74.2 Å². The monoisotopic (exact) mass is 686 g/mol. The molecular formula is C32H38N12O2S2. The molecule has 0 aliphatic carbocycles. The quantitative estimate of drug-likeness (QED) is 0.124. The van der Waals surface area contributed by atoms with Crippen molar-refractivity contribution in [1.29, 1.82) is 0 Å². The number of tetrazole rings is 2. The van der Waals surface area contributed by atoms with Crippen molar-refractivity contribution in [1.82, 2.24) is 60.0 Å². The van der Waals surface area contributed by atoms with Gasteiger partial charge in [-0.15, -0.1) is 20.4 Å². The molecule has 0 amide bonds. The molecule has 0 N–H and O–H groups in total. The molecule has 16 heteroatoms. The summed E-state index contributed by atoms with van der Waals surface area (Å²) in [5.74, 6) is 3.39. The lowest BCUT2D eigenvalue weighted by Crippen LogP contribution is -2.08. The number of hydrogen-bond acceptors (Lipinski definition) is 12. The van der Waals surface area contributed by atoms with Crippen LogP contribution in [0.3, 0.4) is 0 Å². The lowest BCUT2D eigenvalue weighted by molar-refractivity contribution is 0.414. The highest BCUT2D eigenvalue weighted by Gasteiger charge is 2.23. The molecule has 0 bridgehead atoms. The van der Waals surface area contributed by atoms with Gasteiger partial charge in [0.15, 0.2) is 0 Å². The Morgan fingerprint density at radius 1 is 0.604 bits per heavy atom. The Bertz CT molecular complexity index is 1790. The summed E-state index contributed by atoms with van der Waals surface area (Å²) in [6.07, 6.45) is 3.64. The summed E-state index contributed by atoms with van der Waals surface area (Å²) in [5.41, 5.74) is 3.71.